The van der Waals surface area contributed by atoms with Crippen LogP contribution in [0, 0.1) is 6.92 Å². The van der Waals surface area contributed by atoms with Crippen molar-refractivity contribution in [2.45, 2.75) is 33.3 Å². The lowest BCUT2D eigenvalue weighted by atomic mass is 10.2. The van der Waals surface area contributed by atoms with Crippen molar-refractivity contribution in [3.05, 3.63) is 29.8 Å². The number of sulfonamides is 1. The number of aliphatic imine (C=N–C) groups is 1. The number of hydrogen-bond donors (Lipinski definition) is 2. The molecule has 1 unspecified atom stereocenters. The second-order valence-corrected chi connectivity index (χ2v) is 8.51. The van der Waals surface area contributed by atoms with Gasteiger partial charge in [0.05, 0.1) is 12.3 Å². The van der Waals surface area contributed by atoms with Gasteiger partial charge in [0.15, 0.2) is 5.96 Å². The molecule has 9 heteroatoms. The summed E-state index contributed by atoms with van der Waals surface area (Å²) in [5.41, 5.74) is 1.10. The third kappa shape index (κ3) is 9.61. The molecule has 1 aromatic carbocycles. The molecule has 0 aliphatic heterocycles. The van der Waals surface area contributed by atoms with E-state index in [2.05, 4.69) is 15.6 Å². The number of nitrogens with one attached hydrogen (secondary N) is 2. The van der Waals surface area contributed by atoms with Gasteiger partial charge in [0.1, 0.15) is 11.9 Å². The van der Waals surface area contributed by atoms with Crippen LogP contribution in [0.5, 0.6) is 5.75 Å². The number of rotatable bonds is 10. The van der Waals surface area contributed by atoms with Crippen molar-refractivity contribution in [3.8, 4) is 5.75 Å². The van der Waals surface area contributed by atoms with Crippen molar-refractivity contribution < 1.29 is 13.2 Å². The van der Waals surface area contributed by atoms with Crippen LogP contribution in [0.25, 0.3) is 0 Å². The summed E-state index contributed by atoms with van der Waals surface area (Å²) in [6, 6.07) is 7.92. The number of aryl methyl sites for hydroxylation is 1. The summed E-state index contributed by atoms with van der Waals surface area (Å²) in [5, 5.41) is 6.41. The van der Waals surface area contributed by atoms with E-state index in [0.717, 1.165) is 11.3 Å². The third-order valence-corrected chi connectivity index (χ3v) is 5.85. The lowest BCUT2D eigenvalue weighted by Crippen LogP contribution is -2.42. The Morgan fingerprint density at radius 3 is 2.56 bits per heavy atom. The number of hydrogen-bond acceptors (Lipinski definition) is 4. The lowest BCUT2D eigenvalue weighted by molar-refractivity contribution is 0.222. The number of halogens is 1. The number of guanidine groups is 1. The molecule has 0 heterocycles. The standard InChI is InChI=1S/C18H32N4O3S.HI/c1-6-26(23,24)22(5)13-9-12-20-18(19-4)21-14-16(3)25-17-11-8-7-10-15(17)2;/h7-8,10-11,16H,6,9,12-14H2,1-5H3,(H2,19,20,21);1H. The maximum absolute atomic E-state index is 11.7. The molecule has 0 spiro atoms. The highest BCUT2D eigenvalue weighted by atomic mass is 127. The number of para-hydroxylation sites is 1. The summed E-state index contributed by atoms with van der Waals surface area (Å²) in [6.45, 7) is 7.39. The summed E-state index contributed by atoms with van der Waals surface area (Å²) in [4.78, 5) is 4.17. The van der Waals surface area contributed by atoms with Crippen molar-refractivity contribution in [2.24, 2.45) is 4.99 Å². The molecule has 156 valence electrons. The quantitative estimate of drug-likeness (QED) is 0.218. The fourth-order valence-corrected chi connectivity index (χ4v) is 3.12. The van der Waals surface area contributed by atoms with E-state index >= 15 is 0 Å². The van der Waals surface area contributed by atoms with E-state index in [-0.39, 0.29) is 35.8 Å². The number of ether oxygens (including phenoxy) is 1. The second-order valence-electron chi connectivity index (χ2n) is 6.15. The normalized spacial score (nSPS) is 13.0. The summed E-state index contributed by atoms with van der Waals surface area (Å²) in [7, 11) is 0.196. The number of benzene rings is 1. The Hall–Kier alpha value is -1.07. The highest BCUT2D eigenvalue weighted by molar-refractivity contribution is 14.0. The molecule has 27 heavy (non-hydrogen) atoms. The largest absolute Gasteiger partial charge is 0.489 e. The average Bonchev–Trinajstić information content (AvgIpc) is 2.62. The first-order valence-electron chi connectivity index (χ1n) is 8.91. The molecule has 1 aromatic rings. The SMILES string of the molecule is CCS(=O)(=O)N(C)CCCNC(=NC)NCC(C)Oc1ccccc1C.I. The van der Waals surface area contributed by atoms with Crippen LogP contribution in [0.15, 0.2) is 29.3 Å². The molecular formula is C18H33IN4O3S. The molecule has 7 nitrogen and oxygen atoms in total. The first-order valence-corrected chi connectivity index (χ1v) is 10.5. The molecule has 0 fully saturated rings. The Labute approximate surface area is 181 Å². The Kier molecular flexibility index (Phi) is 12.6. The monoisotopic (exact) mass is 512 g/mol. The van der Waals surface area contributed by atoms with Gasteiger partial charge in [-0.1, -0.05) is 18.2 Å². The molecule has 0 saturated carbocycles. The predicted octanol–water partition coefficient (Wildman–Crippen LogP) is 2.22. The van der Waals surface area contributed by atoms with Gasteiger partial charge in [0, 0.05) is 27.2 Å². The van der Waals surface area contributed by atoms with Crippen LogP contribution in [-0.4, -0.2) is 64.3 Å². The Bertz CT molecular complexity index is 683. The topological polar surface area (TPSA) is 83.0 Å². The van der Waals surface area contributed by atoms with Crippen LogP contribution in [0.4, 0.5) is 0 Å². The number of nitrogens with zero attached hydrogens (tertiary/aromatic N) is 2. The molecular weight excluding hydrogens is 479 g/mol. The first kappa shape index (κ1) is 25.9. The van der Waals surface area contributed by atoms with Crippen molar-refractivity contribution in [1.82, 2.24) is 14.9 Å². The Morgan fingerprint density at radius 2 is 1.96 bits per heavy atom. The van der Waals surface area contributed by atoms with E-state index in [0.29, 0.717) is 32.0 Å². The van der Waals surface area contributed by atoms with E-state index in [1.54, 1.807) is 21.0 Å². The van der Waals surface area contributed by atoms with Crippen LogP contribution >= 0.6 is 24.0 Å². The predicted molar refractivity (Wildman–Crippen MR) is 123 cm³/mol. The van der Waals surface area contributed by atoms with Crippen LogP contribution < -0.4 is 15.4 Å². The summed E-state index contributed by atoms with van der Waals surface area (Å²) < 4.78 is 30.7. The maximum Gasteiger partial charge on any atom is 0.213 e. The Balaban J connectivity index is 0.00000676. The molecule has 0 amide bonds. The zero-order valence-electron chi connectivity index (χ0n) is 16.9. The fourth-order valence-electron chi connectivity index (χ4n) is 2.28. The van der Waals surface area contributed by atoms with Crippen molar-refractivity contribution in [2.75, 3.05) is 39.5 Å². The van der Waals surface area contributed by atoms with Crippen LogP contribution in [0.1, 0.15) is 25.8 Å². The molecule has 0 bridgehead atoms. The maximum atomic E-state index is 11.7. The summed E-state index contributed by atoms with van der Waals surface area (Å²) in [6.07, 6.45) is 0.682. The van der Waals surface area contributed by atoms with Gasteiger partial charge >= 0.3 is 0 Å². The van der Waals surface area contributed by atoms with Crippen LogP contribution in [0.2, 0.25) is 0 Å². The highest BCUT2D eigenvalue weighted by Crippen LogP contribution is 2.17. The minimum absolute atomic E-state index is 0. The molecule has 2 N–H and O–H groups in total. The van der Waals surface area contributed by atoms with Gasteiger partial charge in [0.25, 0.3) is 0 Å². The minimum Gasteiger partial charge on any atom is -0.489 e. The van der Waals surface area contributed by atoms with Gasteiger partial charge < -0.3 is 15.4 Å². The summed E-state index contributed by atoms with van der Waals surface area (Å²) >= 11 is 0. The van der Waals surface area contributed by atoms with Crippen LogP contribution in [-0.2, 0) is 10.0 Å². The minimum atomic E-state index is -3.12. The van der Waals surface area contributed by atoms with Gasteiger partial charge in [-0.05, 0) is 38.8 Å². The average molecular weight is 512 g/mol. The molecule has 0 aliphatic carbocycles. The third-order valence-electron chi connectivity index (χ3n) is 3.98. The molecule has 0 saturated heterocycles. The fraction of sp³-hybridized carbons (Fsp3) is 0.611. The molecule has 1 rings (SSSR count). The van der Waals surface area contributed by atoms with E-state index in [1.165, 1.54) is 4.31 Å². The highest BCUT2D eigenvalue weighted by Gasteiger charge is 2.14. The zero-order valence-corrected chi connectivity index (χ0v) is 20.0. The molecule has 0 aliphatic rings. The van der Waals surface area contributed by atoms with Gasteiger partial charge in [-0.3, -0.25) is 4.99 Å². The Morgan fingerprint density at radius 1 is 1.30 bits per heavy atom. The first-order chi connectivity index (χ1) is 12.3. The van der Waals surface area contributed by atoms with Crippen molar-refractivity contribution in [3.63, 3.8) is 0 Å². The van der Waals surface area contributed by atoms with E-state index in [9.17, 15) is 8.42 Å². The molecule has 1 atom stereocenters. The summed E-state index contributed by atoms with van der Waals surface area (Å²) in [5.74, 6) is 1.68. The van der Waals surface area contributed by atoms with Crippen molar-refractivity contribution >= 4 is 40.0 Å². The molecule has 0 radical (unpaired) electrons. The van der Waals surface area contributed by atoms with Crippen LogP contribution in [0.3, 0.4) is 0 Å². The van der Waals surface area contributed by atoms with E-state index < -0.39 is 10.0 Å². The van der Waals surface area contributed by atoms with Gasteiger partial charge in [-0.25, -0.2) is 12.7 Å². The lowest BCUT2D eigenvalue weighted by Gasteiger charge is -2.19. The zero-order chi connectivity index (χ0) is 19.6. The smallest absolute Gasteiger partial charge is 0.213 e. The van der Waals surface area contributed by atoms with Crippen molar-refractivity contribution in [1.29, 1.82) is 0 Å². The molecule has 0 aromatic heterocycles. The second kappa shape index (κ2) is 13.2. The van der Waals surface area contributed by atoms with Gasteiger partial charge in [-0.15, -0.1) is 24.0 Å². The van der Waals surface area contributed by atoms with Gasteiger partial charge in [0.2, 0.25) is 10.0 Å². The van der Waals surface area contributed by atoms with E-state index in [4.69, 9.17) is 4.74 Å². The van der Waals surface area contributed by atoms with E-state index in [1.807, 2.05) is 38.1 Å². The van der Waals surface area contributed by atoms with Gasteiger partial charge in [-0.2, -0.15) is 0 Å².